The third-order valence-electron chi connectivity index (χ3n) is 5.35. The van der Waals surface area contributed by atoms with Gasteiger partial charge >= 0.3 is 0 Å². The Hall–Kier alpha value is -2.94. The van der Waals surface area contributed by atoms with Gasteiger partial charge in [-0.1, -0.05) is 6.07 Å². The lowest BCUT2D eigenvalue weighted by Crippen LogP contribution is -2.67. The van der Waals surface area contributed by atoms with E-state index in [2.05, 4.69) is 5.32 Å². The normalized spacial score (nSPS) is 23.2. The molecule has 0 saturated carbocycles. The Labute approximate surface area is 161 Å². The van der Waals surface area contributed by atoms with Crippen molar-refractivity contribution < 1.29 is 23.9 Å². The van der Waals surface area contributed by atoms with Gasteiger partial charge in [-0.2, -0.15) is 0 Å². The summed E-state index contributed by atoms with van der Waals surface area (Å²) in [6.45, 7) is 2.93. The van der Waals surface area contributed by atoms with E-state index in [0.717, 1.165) is 0 Å². The number of rotatable bonds is 4. The van der Waals surface area contributed by atoms with E-state index >= 15 is 0 Å². The summed E-state index contributed by atoms with van der Waals surface area (Å²) in [5.41, 5.74) is 6.67. The highest BCUT2D eigenvalue weighted by Crippen LogP contribution is 2.33. The van der Waals surface area contributed by atoms with E-state index in [9.17, 15) is 19.2 Å². The molecule has 9 heteroatoms. The van der Waals surface area contributed by atoms with Gasteiger partial charge in [-0.15, -0.1) is 0 Å². The minimum absolute atomic E-state index is 0.140. The molecule has 1 aromatic rings. The molecule has 3 aliphatic rings. The molecule has 4 amide bonds. The van der Waals surface area contributed by atoms with E-state index < -0.39 is 11.9 Å². The predicted molar refractivity (Wildman–Crippen MR) is 97.2 cm³/mol. The standard InChI is InChI=1S/C19H22N4O5/c1-19(20)9-22(10-19)16(25)8-28-14-4-2-3-11-12(14)7-23(18(11)27)13-5-6-15(24)21-17(13)26/h2-4,13H,5-10,20H2,1H3,(H,21,24,26). The number of nitrogens with one attached hydrogen (secondary N) is 1. The van der Waals surface area contributed by atoms with E-state index in [1.807, 2.05) is 6.92 Å². The van der Waals surface area contributed by atoms with Gasteiger partial charge in [0.2, 0.25) is 11.8 Å². The summed E-state index contributed by atoms with van der Waals surface area (Å²) in [6.07, 6.45) is 0.496. The third-order valence-corrected chi connectivity index (χ3v) is 5.35. The van der Waals surface area contributed by atoms with Crippen molar-refractivity contribution in [3.05, 3.63) is 29.3 Å². The first-order valence-electron chi connectivity index (χ1n) is 9.21. The zero-order valence-corrected chi connectivity index (χ0v) is 15.6. The molecule has 0 bridgehead atoms. The number of nitrogens with two attached hydrogens (primary N) is 1. The molecule has 3 N–H and O–H groups in total. The van der Waals surface area contributed by atoms with Gasteiger partial charge < -0.3 is 20.3 Å². The number of likely N-dealkylation sites (tertiary alicyclic amines) is 1. The SMILES string of the molecule is CC1(N)CN(C(=O)COc2cccc3c2CN(C2CCC(=O)NC2=O)C3=O)C1. The molecule has 1 aromatic carbocycles. The predicted octanol–water partition coefficient (Wildman–Crippen LogP) is -0.614. The highest BCUT2D eigenvalue weighted by atomic mass is 16.5. The fourth-order valence-electron chi connectivity index (χ4n) is 3.93. The van der Waals surface area contributed by atoms with E-state index in [0.29, 0.717) is 36.4 Å². The van der Waals surface area contributed by atoms with Gasteiger partial charge in [0.25, 0.3) is 11.8 Å². The topological polar surface area (TPSA) is 122 Å². The second kappa shape index (κ2) is 6.59. The highest BCUT2D eigenvalue weighted by molar-refractivity contribution is 6.05. The minimum atomic E-state index is -0.685. The van der Waals surface area contributed by atoms with Gasteiger partial charge in [0.1, 0.15) is 11.8 Å². The molecule has 1 unspecified atom stereocenters. The lowest BCUT2D eigenvalue weighted by atomic mass is 9.94. The van der Waals surface area contributed by atoms with Crippen LogP contribution in [0.25, 0.3) is 0 Å². The Bertz CT molecular complexity index is 873. The van der Waals surface area contributed by atoms with Crippen LogP contribution in [-0.2, 0) is 20.9 Å². The molecular formula is C19H22N4O5. The van der Waals surface area contributed by atoms with Crippen molar-refractivity contribution in [1.29, 1.82) is 0 Å². The summed E-state index contributed by atoms with van der Waals surface area (Å²) in [7, 11) is 0. The van der Waals surface area contributed by atoms with Gasteiger partial charge in [-0.05, 0) is 25.5 Å². The lowest BCUT2D eigenvalue weighted by Gasteiger charge is -2.45. The number of amides is 4. The molecule has 1 atom stereocenters. The van der Waals surface area contributed by atoms with Crippen LogP contribution in [0, 0.1) is 0 Å². The molecule has 148 valence electrons. The van der Waals surface area contributed by atoms with Crippen molar-refractivity contribution >= 4 is 23.6 Å². The van der Waals surface area contributed by atoms with Crippen LogP contribution in [0.15, 0.2) is 18.2 Å². The van der Waals surface area contributed by atoms with Crippen LogP contribution in [0.3, 0.4) is 0 Å². The Morgan fingerprint density at radius 1 is 1.32 bits per heavy atom. The van der Waals surface area contributed by atoms with Crippen LogP contribution in [0.1, 0.15) is 35.7 Å². The van der Waals surface area contributed by atoms with E-state index in [-0.39, 0.29) is 42.8 Å². The fourth-order valence-corrected chi connectivity index (χ4v) is 3.93. The van der Waals surface area contributed by atoms with Crippen LogP contribution >= 0.6 is 0 Å². The summed E-state index contributed by atoms with van der Waals surface area (Å²) in [4.78, 5) is 51.6. The number of hydrogen-bond acceptors (Lipinski definition) is 6. The van der Waals surface area contributed by atoms with Gasteiger partial charge in [0.05, 0.1) is 6.54 Å². The molecule has 0 aromatic heterocycles. The molecule has 2 fully saturated rings. The van der Waals surface area contributed by atoms with Gasteiger partial charge in [-0.3, -0.25) is 24.5 Å². The Balaban J connectivity index is 1.45. The molecule has 0 aliphatic carbocycles. The molecule has 0 spiro atoms. The zero-order chi connectivity index (χ0) is 20.1. The van der Waals surface area contributed by atoms with E-state index in [1.165, 1.54) is 4.90 Å². The maximum atomic E-state index is 12.8. The van der Waals surface area contributed by atoms with Gasteiger partial charge in [0.15, 0.2) is 6.61 Å². The second-order valence-electron chi connectivity index (χ2n) is 7.87. The smallest absolute Gasteiger partial charge is 0.260 e. The van der Waals surface area contributed by atoms with Crippen molar-refractivity contribution in [3.8, 4) is 5.75 Å². The highest BCUT2D eigenvalue weighted by Gasteiger charge is 2.41. The molecule has 2 saturated heterocycles. The molecule has 3 heterocycles. The first-order chi connectivity index (χ1) is 13.2. The monoisotopic (exact) mass is 386 g/mol. The van der Waals surface area contributed by atoms with Crippen molar-refractivity contribution in [1.82, 2.24) is 15.1 Å². The van der Waals surface area contributed by atoms with Crippen LogP contribution < -0.4 is 15.8 Å². The molecule has 0 radical (unpaired) electrons. The van der Waals surface area contributed by atoms with Gasteiger partial charge in [0, 0.05) is 36.2 Å². The first-order valence-corrected chi connectivity index (χ1v) is 9.21. The number of hydrogen-bond donors (Lipinski definition) is 2. The Kier molecular flexibility index (Phi) is 4.34. The number of fused-ring (bicyclic) bond motifs is 1. The fraction of sp³-hybridized carbons (Fsp3) is 0.474. The first kappa shape index (κ1) is 18.4. The van der Waals surface area contributed by atoms with Crippen molar-refractivity contribution in [2.24, 2.45) is 5.73 Å². The van der Waals surface area contributed by atoms with Crippen molar-refractivity contribution in [2.45, 2.75) is 37.9 Å². The Morgan fingerprint density at radius 3 is 2.75 bits per heavy atom. The molecular weight excluding hydrogens is 364 g/mol. The van der Waals surface area contributed by atoms with Crippen LogP contribution in [-0.4, -0.2) is 64.7 Å². The summed E-state index contributed by atoms with van der Waals surface area (Å²) >= 11 is 0. The van der Waals surface area contributed by atoms with Gasteiger partial charge in [-0.25, -0.2) is 0 Å². The number of nitrogens with zero attached hydrogens (tertiary/aromatic N) is 2. The quantitative estimate of drug-likeness (QED) is 0.666. The molecule has 3 aliphatic heterocycles. The van der Waals surface area contributed by atoms with Crippen molar-refractivity contribution in [3.63, 3.8) is 0 Å². The second-order valence-corrected chi connectivity index (χ2v) is 7.87. The van der Waals surface area contributed by atoms with Crippen molar-refractivity contribution in [2.75, 3.05) is 19.7 Å². The summed E-state index contributed by atoms with van der Waals surface area (Å²) in [5, 5.41) is 2.28. The number of imide groups is 1. The summed E-state index contributed by atoms with van der Waals surface area (Å²) in [5.74, 6) is -0.773. The third kappa shape index (κ3) is 3.22. The summed E-state index contributed by atoms with van der Waals surface area (Å²) in [6, 6.07) is 4.38. The average Bonchev–Trinajstić information content (AvgIpc) is 2.95. The van der Waals surface area contributed by atoms with Crippen LogP contribution in [0.2, 0.25) is 0 Å². The van der Waals surface area contributed by atoms with E-state index in [4.69, 9.17) is 10.5 Å². The number of piperidine rings is 1. The number of benzene rings is 1. The van der Waals surface area contributed by atoms with E-state index in [1.54, 1.807) is 23.1 Å². The molecule has 28 heavy (non-hydrogen) atoms. The van der Waals surface area contributed by atoms with Crippen LogP contribution in [0.5, 0.6) is 5.75 Å². The molecule has 4 rings (SSSR count). The number of ether oxygens (including phenoxy) is 1. The summed E-state index contributed by atoms with van der Waals surface area (Å²) < 4.78 is 5.70. The number of carbonyl (C=O) groups excluding carboxylic acids is 4. The maximum Gasteiger partial charge on any atom is 0.260 e. The largest absolute Gasteiger partial charge is 0.483 e. The zero-order valence-electron chi connectivity index (χ0n) is 15.6. The van der Waals surface area contributed by atoms with Crippen LogP contribution in [0.4, 0.5) is 0 Å². The molecule has 9 nitrogen and oxygen atoms in total. The minimum Gasteiger partial charge on any atom is -0.483 e. The maximum absolute atomic E-state index is 12.8. The number of carbonyl (C=O) groups is 4. The average molecular weight is 386 g/mol. The lowest BCUT2D eigenvalue weighted by molar-refractivity contribution is -0.140. The Morgan fingerprint density at radius 2 is 2.07 bits per heavy atom.